The summed E-state index contributed by atoms with van der Waals surface area (Å²) in [5.74, 6) is 1.27. The molecule has 19 heavy (non-hydrogen) atoms. The number of nitrogens with zero attached hydrogens (tertiary/aromatic N) is 1. The minimum absolute atomic E-state index is 0.00621. The Kier molecular flexibility index (Phi) is 5.73. The van der Waals surface area contributed by atoms with Gasteiger partial charge in [-0.2, -0.15) is 23.1 Å². The minimum atomic E-state index is 0.00621. The standard InChI is InChI=1S/C14H22N2OS2/c1-3-4-5-12-14(17)16(7-9-18-2)13(15-12)11-6-8-19-10-11/h6,8,10,12-13,15H,3-5,7,9H2,1-2H3. The molecule has 106 valence electrons. The fourth-order valence-corrected chi connectivity index (χ4v) is 3.49. The van der Waals surface area contributed by atoms with Crippen LogP contribution in [0.4, 0.5) is 0 Å². The maximum absolute atomic E-state index is 12.5. The van der Waals surface area contributed by atoms with Gasteiger partial charge in [0.1, 0.15) is 6.17 Å². The number of amides is 1. The smallest absolute Gasteiger partial charge is 0.241 e. The van der Waals surface area contributed by atoms with Gasteiger partial charge in [0.15, 0.2) is 0 Å². The van der Waals surface area contributed by atoms with Gasteiger partial charge in [-0.25, -0.2) is 0 Å². The van der Waals surface area contributed by atoms with Crippen LogP contribution in [0.5, 0.6) is 0 Å². The number of carbonyl (C=O) groups is 1. The van der Waals surface area contributed by atoms with Gasteiger partial charge < -0.3 is 4.90 Å². The molecule has 0 saturated carbocycles. The Morgan fingerprint density at radius 1 is 1.53 bits per heavy atom. The summed E-state index contributed by atoms with van der Waals surface area (Å²) < 4.78 is 0. The largest absolute Gasteiger partial charge is 0.321 e. The summed E-state index contributed by atoms with van der Waals surface area (Å²) in [4.78, 5) is 14.5. The molecule has 3 nitrogen and oxygen atoms in total. The van der Waals surface area contributed by atoms with E-state index in [1.54, 1.807) is 23.1 Å². The predicted octanol–water partition coefficient (Wildman–Crippen LogP) is 3.10. The second-order valence-corrected chi connectivity index (χ2v) is 6.61. The number of nitrogens with one attached hydrogen (secondary N) is 1. The molecule has 5 heteroatoms. The molecule has 1 N–H and O–H groups in total. The van der Waals surface area contributed by atoms with Crippen molar-refractivity contribution in [3.05, 3.63) is 22.4 Å². The number of rotatable bonds is 7. The average Bonchev–Trinajstić information content (AvgIpc) is 3.03. The maximum Gasteiger partial charge on any atom is 0.241 e. The van der Waals surface area contributed by atoms with E-state index in [-0.39, 0.29) is 18.1 Å². The normalized spacial score (nSPS) is 23.3. The van der Waals surface area contributed by atoms with Crippen LogP contribution >= 0.6 is 23.1 Å². The van der Waals surface area contributed by atoms with Crippen molar-refractivity contribution in [2.45, 2.75) is 38.4 Å². The van der Waals surface area contributed by atoms with Crippen LogP contribution in [0, 0.1) is 0 Å². The lowest BCUT2D eigenvalue weighted by molar-refractivity contribution is -0.130. The Morgan fingerprint density at radius 2 is 2.37 bits per heavy atom. The number of thioether (sulfide) groups is 1. The molecule has 0 aromatic carbocycles. The average molecular weight is 298 g/mol. The fourth-order valence-electron chi connectivity index (χ4n) is 2.43. The molecule has 2 unspecified atom stereocenters. The molecule has 0 radical (unpaired) electrons. The van der Waals surface area contributed by atoms with E-state index in [0.717, 1.165) is 31.6 Å². The van der Waals surface area contributed by atoms with Crippen molar-refractivity contribution in [3.8, 4) is 0 Å². The lowest BCUT2D eigenvalue weighted by Crippen LogP contribution is -2.32. The highest BCUT2D eigenvalue weighted by Crippen LogP contribution is 2.28. The van der Waals surface area contributed by atoms with Crippen molar-refractivity contribution >= 4 is 29.0 Å². The van der Waals surface area contributed by atoms with E-state index < -0.39 is 0 Å². The van der Waals surface area contributed by atoms with Crippen molar-refractivity contribution in [1.82, 2.24) is 10.2 Å². The molecule has 0 aliphatic carbocycles. The Balaban J connectivity index is 2.08. The van der Waals surface area contributed by atoms with Gasteiger partial charge in [0.25, 0.3) is 0 Å². The zero-order chi connectivity index (χ0) is 13.7. The fraction of sp³-hybridized carbons (Fsp3) is 0.643. The van der Waals surface area contributed by atoms with Crippen LogP contribution < -0.4 is 5.32 Å². The van der Waals surface area contributed by atoms with Crippen molar-refractivity contribution in [3.63, 3.8) is 0 Å². The highest BCUT2D eigenvalue weighted by molar-refractivity contribution is 7.98. The number of carbonyl (C=O) groups excluding carboxylic acids is 1. The van der Waals surface area contributed by atoms with E-state index in [0.29, 0.717) is 0 Å². The Morgan fingerprint density at radius 3 is 3.00 bits per heavy atom. The third-order valence-corrected chi connectivity index (χ3v) is 4.79. The molecule has 1 aromatic heterocycles. The van der Waals surface area contributed by atoms with Crippen molar-refractivity contribution < 1.29 is 4.79 Å². The third-order valence-electron chi connectivity index (χ3n) is 3.49. The molecular formula is C14H22N2OS2. The monoisotopic (exact) mass is 298 g/mol. The first-order valence-corrected chi connectivity index (χ1v) is 9.19. The molecule has 1 aliphatic heterocycles. The molecule has 0 bridgehead atoms. The molecular weight excluding hydrogens is 276 g/mol. The van der Waals surface area contributed by atoms with Gasteiger partial charge in [-0.3, -0.25) is 10.1 Å². The lowest BCUT2D eigenvalue weighted by Gasteiger charge is -2.23. The molecule has 1 aromatic rings. The highest BCUT2D eigenvalue weighted by Gasteiger charge is 2.38. The van der Waals surface area contributed by atoms with Crippen molar-refractivity contribution in [1.29, 1.82) is 0 Å². The van der Waals surface area contributed by atoms with Gasteiger partial charge in [-0.15, -0.1) is 0 Å². The minimum Gasteiger partial charge on any atom is -0.321 e. The molecule has 1 saturated heterocycles. The predicted molar refractivity (Wildman–Crippen MR) is 83.6 cm³/mol. The van der Waals surface area contributed by atoms with E-state index >= 15 is 0 Å². The van der Waals surface area contributed by atoms with E-state index in [1.807, 2.05) is 4.90 Å². The SMILES string of the molecule is CCCCC1NC(c2ccsc2)N(CCSC)C1=O. The van der Waals surface area contributed by atoms with Crippen LogP contribution in [-0.2, 0) is 4.79 Å². The summed E-state index contributed by atoms with van der Waals surface area (Å²) in [5.41, 5.74) is 1.22. The highest BCUT2D eigenvalue weighted by atomic mass is 32.2. The number of hydrogen-bond donors (Lipinski definition) is 1. The zero-order valence-corrected chi connectivity index (χ0v) is 13.2. The molecule has 1 aliphatic rings. The van der Waals surface area contributed by atoms with Crippen LogP contribution in [0.3, 0.4) is 0 Å². The van der Waals surface area contributed by atoms with Crippen LogP contribution in [0.25, 0.3) is 0 Å². The summed E-state index contributed by atoms with van der Waals surface area (Å²) >= 11 is 3.48. The zero-order valence-electron chi connectivity index (χ0n) is 11.6. The molecule has 2 atom stereocenters. The number of thiophene rings is 1. The van der Waals surface area contributed by atoms with Gasteiger partial charge in [-0.1, -0.05) is 19.8 Å². The Hall–Kier alpha value is -0.520. The maximum atomic E-state index is 12.5. The molecule has 1 amide bonds. The summed E-state index contributed by atoms with van der Waals surface area (Å²) in [7, 11) is 0. The second-order valence-electron chi connectivity index (χ2n) is 4.85. The van der Waals surface area contributed by atoms with Gasteiger partial charge >= 0.3 is 0 Å². The second kappa shape index (κ2) is 7.31. The molecule has 0 spiro atoms. The summed E-state index contributed by atoms with van der Waals surface area (Å²) in [6.45, 7) is 3.00. The quantitative estimate of drug-likeness (QED) is 0.839. The van der Waals surface area contributed by atoms with Gasteiger partial charge in [0.05, 0.1) is 6.04 Å². The first-order chi connectivity index (χ1) is 9.27. The topological polar surface area (TPSA) is 32.3 Å². The Labute approximate surface area is 123 Å². The van der Waals surface area contributed by atoms with E-state index in [9.17, 15) is 4.79 Å². The number of hydrogen-bond acceptors (Lipinski definition) is 4. The van der Waals surface area contributed by atoms with Crippen LogP contribution in [-0.4, -0.2) is 35.4 Å². The van der Waals surface area contributed by atoms with Gasteiger partial charge in [0, 0.05) is 12.3 Å². The van der Waals surface area contributed by atoms with Gasteiger partial charge in [0.2, 0.25) is 5.91 Å². The lowest BCUT2D eigenvalue weighted by atomic mass is 10.1. The molecule has 2 rings (SSSR count). The van der Waals surface area contributed by atoms with E-state index in [2.05, 4.69) is 35.3 Å². The van der Waals surface area contributed by atoms with Crippen LogP contribution in [0.2, 0.25) is 0 Å². The molecule has 2 heterocycles. The van der Waals surface area contributed by atoms with Crippen molar-refractivity contribution in [2.75, 3.05) is 18.6 Å². The Bertz CT molecular complexity index is 394. The summed E-state index contributed by atoms with van der Waals surface area (Å²) in [5, 5.41) is 7.73. The van der Waals surface area contributed by atoms with Crippen LogP contribution in [0.15, 0.2) is 16.8 Å². The van der Waals surface area contributed by atoms with E-state index in [4.69, 9.17) is 0 Å². The third kappa shape index (κ3) is 3.52. The first kappa shape index (κ1) is 14.9. The van der Waals surface area contributed by atoms with E-state index in [1.165, 1.54) is 5.56 Å². The van der Waals surface area contributed by atoms with Crippen LogP contribution in [0.1, 0.15) is 37.9 Å². The van der Waals surface area contributed by atoms with Crippen molar-refractivity contribution in [2.24, 2.45) is 0 Å². The summed E-state index contributed by atoms with van der Waals surface area (Å²) in [6.07, 6.45) is 5.36. The first-order valence-electron chi connectivity index (χ1n) is 6.85. The summed E-state index contributed by atoms with van der Waals surface area (Å²) in [6, 6.07) is 2.12. The molecule has 1 fully saturated rings. The number of unbranched alkanes of at least 4 members (excludes halogenated alkanes) is 1. The van der Waals surface area contributed by atoms with Gasteiger partial charge in [-0.05, 0) is 35.1 Å².